The number of pyridine rings is 6. The van der Waals surface area contributed by atoms with Gasteiger partial charge in [-0.2, -0.15) is 0 Å². The zero-order chi connectivity index (χ0) is 29.7. The summed E-state index contributed by atoms with van der Waals surface area (Å²) >= 11 is 0. The molecule has 45 heavy (non-hydrogen) atoms. The molecule has 9 rings (SSSR count). The first-order valence-electron chi connectivity index (χ1n) is 14.7. The van der Waals surface area contributed by atoms with Crippen molar-refractivity contribution in [3.8, 4) is 39.6 Å². The van der Waals surface area contributed by atoms with Crippen LogP contribution < -0.4 is 0 Å². The monoisotopic (exact) mass is 577 g/mol. The normalized spacial score (nSPS) is 11.6. The second-order valence-electron chi connectivity index (χ2n) is 10.9. The Hall–Kier alpha value is -6.34. The van der Waals surface area contributed by atoms with Crippen molar-refractivity contribution < 1.29 is 0 Å². The molecule has 0 atom stereocenters. The predicted octanol–water partition coefficient (Wildman–Crippen LogP) is 8.46. The lowest BCUT2D eigenvalue weighted by Crippen LogP contribution is -1.98. The Morgan fingerprint density at radius 2 is 1.27 bits per heavy atom. The number of hydrogen-bond acceptors (Lipinski definition) is 6. The molecule has 2 aromatic carbocycles. The zero-order valence-corrected chi connectivity index (χ0v) is 23.9. The summed E-state index contributed by atoms with van der Waals surface area (Å²) in [7, 11) is 0. The van der Waals surface area contributed by atoms with Gasteiger partial charge in [0.05, 0.1) is 45.3 Å². The third kappa shape index (κ3) is 4.13. The second kappa shape index (κ2) is 10.1. The molecule has 0 radical (unpaired) electrons. The van der Waals surface area contributed by atoms with Crippen LogP contribution in [0.4, 0.5) is 0 Å². The van der Waals surface area contributed by atoms with Gasteiger partial charge >= 0.3 is 0 Å². The van der Waals surface area contributed by atoms with Crippen molar-refractivity contribution in [3.05, 3.63) is 140 Å². The Morgan fingerprint density at radius 3 is 2.16 bits per heavy atom. The van der Waals surface area contributed by atoms with E-state index in [-0.39, 0.29) is 0 Å². The Bertz CT molecular complexity index is 2490. The lowest BCUT2D eigenvalue weighted by atomic mass is 9.98. The van der Waals surface area contributed by atoms with E-state index in [1.807, 2.05) is 61.3 Å². The Balaban J connectivity index is 1.23. The van der Waals surface area contributed by atoms with Crippen molar-refractivity contribution in [3.63, 3.8) is 0 Å². The number of fused-ring (bicyclic) bond motifs is 6. The average molecular weight is 578 g/mol. The maximum atomic E-state index is 5.12. The van der Waals surface area contributed by atoms with Crippen LogP contribution in [0, 0.1) is 0 Å². The highest BCUT2D eigenvalue weighted by Gasteiger charge is 2.16. The minimum absolute atomic E-state index is 0.769. The first-order chi connectivity index (χ1) is 22.3. The molecule has 0 unspecified atom stereocenters. The highest BCUT2D eigenvalue weighted by Crippen LogP contribution is 2.36. The lowest BCUT2D eigenvalue weighted by molar-refractivity contribution is 1.08. The topological polar surface area (TPSA) is 82.3 Å². The van der Waals surface area contributed by atoms with Gasteiger partial charge in [0.15, 0.2) is 0 Å². The van der Waals surface area contributed by atoms with Crippen molar-refractivity contribution in [2.75, 3.05) is 0 Å². The average Bonchev–Trinajstić information content (AvgIpc) is 3.46. The number of para-hydroxylation sites is 1. The number of rotatable bonds is 4. The minimum atomic E-state index is 0.769. The first-order valence-corrected chi connectivity index (χ1v) is 14.7. The van der Waals surface area contributed by atoms with Gasteiger partial charge in [0.25, 0.3) is 0 Å². The minimum Gasteiger partial charge on any atom is -0.292 e. The SMILES string of the molecule is c1ccc(-c2cc(-c3ccc(-n4c5ccccc5c5ccncc54)nc3)cc(-c3cc4ncccc4c4cccnc34)n2)nc1. The third-order valence-electron chi connectivity index (χ3n) is 8.29. The summed E-state index contributed by atoms with van der Waals surface area (Å²) in [5.41, 5.74) is 9.10. The number of hydrogen-bond donors (Lipinski definition) is 0. The van der Waals surface area contributed by atoms with Crippen molar-refractivity contribution in [2.45, 2.75) is 0 Å². The summed E-state index contributed by atoms with van der Waals surface area (Å²) in [6, 6.07) is 34.8. The molecule has 210 valence electrons. The molecular weight excluding hydrogens is 554 g/mol. The molecule has 7 nitrogen and oxygen atoms in total. The van der Waals surface area contributed by atoms with Crippen LogP contribution in [0.3, 0.4) is 0 Å². The van der Waals surface area contributed by atoms with Gasteiger partial charge in [0.2, 0.25) is 0 Å². The maximum absolute atomic E-state index is 5.12. The van der Waals surface area contributed by atoms with Crippen molar-refractivity contribution >= 4 is 43.6 Å². The van der Waals surface area contributed by atoms with Crippen LogP contribution in [0.1, 0.15) is 0 Å². The van der Waals surface area contributed by atoms with E-state index < -0.39 is 0 Å². The Kier molecular flexibility index (Phi) is 5.67. The van der Waals surface area contributed by atoms with Crippen LogP contribution in [0.2, 0.25) is 0 Å². The third-order valence-corrected chi connectivity index (χ3v) is 8.29. The van der Waals surface area contributed by atoms with E-state index in [1.54, 1.807) is 6.20 Å². The van der Waals surface area contributed by atoms with Crippen LogP contribution in [-0.4, -0.2) is 34.5 Å². The van der Waals surface area contributed by atoms with E-state index in [2.05, 4.69) is 92.3 Å². The molecule has 7 heterocycles. The van der Waals surface area contributed by atoms with E-state index in [1.165, 1.54) is 5.39 Å². The van der Waals surface area contributed by atoms with Crippen molar-refractivity contribution in [2.24, 2.45) is 0 Å². The molecule has 0 amide bonds. The second-order valence-corrected chi connectivity index (χ2v) is 10.9. The molecule has 0 aliphatic heterocycles. The van der Waals surface area contributed by atoms with Gasteiger partial charge in [-0.1, -0.05) is 36.4 Å². The van der Waals surface area contributed by atoms with Crippen LogP contribution in [0.25, 0.3) is 83.2 Å². The zero-order valence-electron chi connectivity index (χ0n) is 23.9. The quantitative estimate of drug-likeness (QED) is 0.195. The molecule has 0 N–H and O–H groups in total. The van der Waals surface area contributed by atoms with Gasteiger partial charge in [-0.15, -0.1) is 0 Å². The van der Waals surface area contributed by atoms with E-state index in [0.717, 1.165) is 77.8 Å². The Morgan fingerprint density at radius 1 is 0.467 bits per heavy atom. The summed E-state index contributed by atoms with van der Waals surface area (Å²) in [5, 5.41) is 4.42. The number of aromatic nitrogens is 7. The van der Waals surface area contributed by atoms with Crippen LogP contribution >= 0.6 is 0 Å². The molecule has 7 heteroatoms. The fraction of sp³-hybridized carbons (Fsp3) is 0. The van der Waals surface area contributed by atoms with Crippen LogP contribution in [0.5, 0.6) is 0 Å². The highest BCUT2D eigenvalue weighted by atomic mass is 15.1. The van der Waals surface area contributed by atoms with E-state index in [9.17, 15) is 0 Å². The smallest absolute Gasteiger partial charge is 0.137 e. The molecule has 0 fully saturated rings. The van der Waals surface area contributed by atoms with Crippen molar-refractivity contribution in [1.29, 1.82) is 0 Å². The predicted molar refractivity (Wildman–Crippen MR) is 179 cm³/mol. The van der Waals surface area contributed by atoms with E-state index in [0.29, 0.717) is 0 Å². The molecule has 0 saturated carbocycles. The first kappa shape index (κ1) is 25.2. The van der Waals surface area contributed by atoms with Crippen LogP contribution in [-0.2, 0) is 0 Å². The molecule has 0 aliphatic carbocycles. The summed E-state index contributed by atoms with van der Waals surface area (Å²) in [4.78, 5) is 28.6. The van der Waals surface area contributed by atoms with E-state index in [4.69, 9.17) is 15.0 Å². The maximum Gasteiger partial charge on any atom is 0.137 e. The van der Waals surface area contributed by atoms with Crippen LogP contribution in [0.15, 0.2) is 140 Å². The fourth-order valence-corrected chi connectivity index (χ4v) is 6.23. The molecule has 7 aromatic heterocycles. The lowest BCUT2D eigenvalue weighted by Gasteiger charge is -2.13. The standard InChI is InChI=1S/C38H23N7/c1-2-11-35-27(7-1)28-14-18-39-23-36(28)45(35)37-13-12-24(22-43-37)25-19-33(44-34(20-25)31-10-3-4-15-40-31)30-21-32-26(8-5-16-41-32)29-9-6-17-42-38(29)30/h1-23H. The number of nitrogens with zero attached hydrogens (tertiary/aromatic N) is 7. The summed E-state index contributed by atoms with van der Waals surface area (Å²) < 4.78 is 2.17. The van der Waals surface area contributed by atoms with Gasteiger partial charge in [-0.05, 0) is 72.3 Å². The van der Waals surface area contributed by atoms with Gasteiger partial charge < -0.3 is 0 Å². The molecule has 0 spiro atoms. The van der Waals surface area contributed by atoms with Gasteiger partial charge in [-0.25, -0.2) is 9.97 Å². The summed E-state index contributed by atoms with van der Waals surface area (Å²) in [5.74, 6) is 0.827. The highest BCUT2D eigenvalue weighted by molar-refractivity contribution is 6.11. The molecule has 0 aliphatic rings. The molecule has 9 aromatic rings. The Labute approximate surface area is 257 Å². The summed E-state index contributed by atoms with van der Waals surface area (Å²) in [6.07, 6.45) is 11.1. The fourth-order valence-electron chi connectivity index (χ4n) is 6.23. The van der Waals surface area contributed by atoms with Crippen molar-refractivity contribution in [1.82, 2.24) is 34.5 Å². The van der Waals surface area contributed by atoms with E-state index >= 15 is 0 Å². The van der Waals surface area contributed by atoms with Gasteiger partial charge in [0, 0.05) is 63.7 Å². The number of benzene rings is 2. The summed E-state index contributed by atoms with van der Waals surface area (Å²) in [6.45, 7) is 0. The molecule has 0 bridgehead atoms. The van der Waals surface area contributed by atoms with Gasteiger partial charge in [0.1, 0.15) is 5.82 Å². The molecular formula is C38H23N7. The largest absolute Gasteiger partial charge is 0.292 e. The molecule has 0 saturated heterocycles. The van der Waals surface area contributed by atoms with Gasteiger partial charge in [-0.3, -0.25) is 24.5 Å².